The second kappa shape index (κ2) is 4.50. The normalized spacial score (nSPS) is 10.4. The van der Waals surface area contributed by atoms with E-state index < -0.39 is 5.91 Å². The van der Waals surface area contributed by atoms with Gasteiger partial charge in [0, 0.05) is 17.1 Å². The molecule has 2 aromatic rings. The van der Waals surface area contributed by atoms with Gasteiger partial charge in [-0.15, -0.1) is 11.3 Å². The number of aromatic nitrogens is 2. The number of carbonyl (C=O) groups is 2. The number of hydrogen-bond acceptors (Lipinski definition) is 4. The second-order valence-corrected chi connectivity index (χ2v) is 4.67. The number of hydrogen-bond donors (Lipinski definition) is 1. The molecule has 2 heterocycles. The Morgan fingerprint density at radius 3 is 2.82 bits per heavy atom. The van der Waals surface area contributed by atoms with Crippen molar-refractivity contribution in [1.82, 2.24) is 9.78 Å². The van der Waals surface area contributed by atoms with Gasteiger partial charge in [0.15, 0.2) is 11.5 Å². The molecule has 2 rings (SSSR count). The summed E-state index contributed by atoms with van der Waals surface area (Å²) >= 11 is 1.41. The third kappa shape index (κ3) is 2.59. The van der Waals surface area contributed by atoms with E-state index in [4.69, 9.17) is 5.73 Å². The van der Waals surface area contributed by atoms with Crippen LogP contribution in [0.15, 0.2) is 18.3 Å². The van der Waals surface area contributed by atoms with Crippen LogP contribution in [-0.4, -0.2) is 21.5 Å². The van der Waals surface area contributed by atoms with Crippen LogP contribution in [0.4, 0.5) is 0 Å². The van der Waals surface area contributed by atoms with Crippen LogP contribution in [0.5, 0.6) is 0 Å². The monoisotopic (exact) mass is 248 g/mol. The van der Waals surface area contributed by atoms with Gasteiger partial charge in [0.2, 0.25) is 0 Å². The number of Topliss-reactive ketones (excluding diaryl/α,β-unsaturated/α-hetero) is 1. The maximum atomic E-state index is 11.1. The molecule has 2 N–H and O–H groups in total. The maximum absolute atomic E-state index is 11.1. The van der Waals surface area contributed by atoms with Gasteiger partial charge >= 0.3 is 0 Å². The van der Waals surface area contributed by atoms with Crippen molar-refractivity contribution in [3.63, 3.8) is 0 Å². The molecule has 0 fully saturated rings. The molecule has 6 heteroatoms. The minimum absolute atomic E-state index is 0.0473. The molecule has 0 aliphatic carbocycles. The summed E-state index contributed by atoms with van der Waals surface area (Å²) in [7, 11) is 0. The maximum Gasteiger partial charge on any atom is 0.269 e. The van der Waals surface area contributed by atoms with E-state index >= 15 is 0 Å². The lowest BCUT2D eigenvalue weighted by Gasteiger charge is -1.97. The van der Waals surface area contributed by atoms with Crippen molar-refractivity contribution in [3.05, 3.63) is 39.8 Å². The number of primary amides is 1. The lowest BCUT2D eigenvalue weighted by atomic mass is 10.3. The summed E-state index contributed by atoms with van der Waals surface area (Å²) < 4.78 is 1.57. The predicted octanol–water partition coefficient (Wildman–Crippen LogP) is 1.09. The molecule has 5 nitrogen and oxygen atoms in total. The first-order chi connectivity index (χ1) is 8.06. The molecule has 87 valence electrons. The van der Waals surface area contributed by atoms with Crippen molar-refractivity contribution in [2.24, 2.45) is 5.73 Å². The molecule has 17 heavy (non-hydrogen) atoms. The third-order valence-electron chi connectivity index (χ3n) is 2.14. The molecule has 0 unspecified atom stereocenters. The smallest absolute Gasteiger partial charge is 0.269 e. The molecule has 0 aromatic carbocycles. The molecule has 2 aromatic heterocycles. The predicted molar refractivity (Wildman–Crippen MR) is 63.0 cm³/mol. The number of ketones is 1. The zero-order chi connectivity index (χ0) is 12.4. The first-order valence-electron chi connectivity index (χ1n) is 4.91. The standard InChI is InChI=1S/C11H10N3O2S/c1-7(15)10-3-2-8(17-10)6-14-5-4-9(13-14)11(12)16/h2-3,5H,6H2,1H3,(H2,12,16). The SMILES string of the molecule is CC(=O)c1ccc(Cn2c[c]c(C(N)=O)n2)s1. The van der Waals surface area contributed by atoms with Crippen LogP contribution in [0.2, 0.25) is 0 Å². The summed E-state index contributed by atoms with van der Waals surface area (Å²) in [5.74, 6) is -0.551. The molecular formula is C11H10N3O2S. The Balaban J connectivity index is 2.13. The summed E-state index contributed by atoms with van der Waals surface area (Å²) in [5.41, 5.74) is 5.20. The van der Waals surface area contributed by atoms with Crippen LogP contribution < -0.4 is 5.73 Å². The largest absolute Gasteiger partial charge is 0.364 e. The Kier molecular flexibility index (Phi) is 3.06. The van der Waals surface area contributed by atoms with Crippen LogP contribution in [0, 0.1) is 6.07 Å². The minimum Gasteiger partial charge on any atom is -0.364 e. The molecule has 0 aliphatic heterocycles. The average Bonchev–Trinajstić information content (AvgIpc) is 2.87. The Morgan fingerprint density at radius 1 is 1.53 bits per heavy atom. The quantitative estimate of drug-likeness (QED) is 0.823. The number of nitrogens with two attached hydrogens (primary N) is 1. The minimum atomic E-state index is -0.598. The van der Waals surface area contributed by atoms with Gasteiger partial charge in [-0.1, -0.05) is 0 Å². The van der Waals surface area contributed by atoms with Gasteiger partial charge in [0.05, 0.1) is 11.4 Å². The van der Waals surface area contributed by atoms with E-state index in [1.54, 1.807) is 16.9 Å². The van der Waals surface area contributed by atoms with Crippen LogP contribution >= 0.6 is 11.3 Å². The third-order valence-corrected chi connectivity index (χ3v) is 3.31. The van der Waals surface area contributed by atoms with Crippen LogP contribution in [0.3, 0.4) is 0 Å². The molecule has 0 saturated carbocycles. The fourth-order valence-electron chi connectivity index (χ4n) is 1.34. The molecule has 1 amide bonds. The van der Waals surface area contributed by atoms with E-state index in [0.29, 0.717) is 11.4 Å². The number of nitrogens with zero attached hydrogens (tertiary/aromatic N) is 2. The Hall–Kier alpha value is -1.95. The number of amides is 1. The van der Waals surface area contributed by atoms with Gasteiger partial charge in [-0.25, -0.2) is 0 Å². The highest BCUT2D eigenvalue weighted by atomic mass is 32.1. The van der Waals surface area contributed by atoms with E-state index in [-0.39, 0.29) is 11.5 Å². The van der Waals surface area contributed by atoms with E-state index in [9.17, 15) is 9.59 Å². The average molecular weight is 248 g/mol. The van der Waals surface area contributed by atoms with Crippen molar-refractivity contribution in [2.45, 2.75) is 13.5 Å². The lowest BCUT2D eigenvalue weighted by Crippen LogP contribution is -2.12. The van der Waals surface area contributed by atoms with Crippen molar-refractivity contribution in [2.75, 3.05) is 0 Å². The molecule has 1 radical (unpaired) electrons. The highest BCUT2D eigenvalue weighted by Gasteiger charge is 2.08. The van der Waals surface area contributed by atoms with E-state index in [0.717, 1.165) is 4.88 Å². The van der Waals surface area contributed by atoms with Gasteiger partial charge < -0.3 is 5.73 Å². The summed E-state index contributed by atoms with van der Waals surface area (Å²) in [6.45, 7) is 2.03. The Morgan fingerprint density at radius 2 is 2.29 bits per heavy atom. The van der Waals surface area contributed by atoms with Gasteiger partial charge in [0.1, 0.15) is 0 Å². The fraction of sp³-hybridized carbons (Fsp3) is 0.182. The van der Waals surface area contributed by atoms with Crippen molar-refractivity contribution >= 4 is 23.0 Å². The lowest BCUT2D eigenvalue weighted by molar-refractivity contribution is 0.0992. The second-order valence-electron chi connectivity index (χ2n) is 3.51. The number of carbonyl (C=O) groups excluding carboxylic acids is 2. The molecule has 0 spiro atoms. The Labute approximate surface area is 102 Å². The summed E-state index contributed by atoms with van der Waals surface area (Å²) in [4.78, 5) is 23.7. The first kappa shape index (κ1) is 11.5. The topological polar surface area (TPSA) is 78.0 Å². The van der Waals surface area contributed by atoms with Crippen LogP contribution in [0.25, 0.3) is 0 Å². The molecule has 0 bridgehead atoms. The highest BCUT2D eigenvalue weighted by molar-refractivity contribution is 7.14. The zero-order valence-corrected chi connectivity index (χ0v) is 9.95. The van der Waals surface area contributed by atoms with Crippen LogP contribution in [-0.2, 0) is 6.54 Å². The molecule has 0 saturated heterocycles. The zero-order valence-electron chi connectivity index (χ0n) is 9.14. The van der Waals surface area contributed by atoms with Crippen molar-refractivity contribution in [1.29, 1.82) is 0 Å². The number of thiophene rings is 1. The molecular weight excluding hydrogens is 238 g/mol. The molecule has 0 aliphatic rings. The molecule has 0 atom stereocenters. The summed E-state index contributed by atoms with van der Waals surface area (Å²) in [6.07, 6.45) is 1.56. The Bertz CT molecular complexity index is 521. The van der Waals surface area contributed by atoms with Gasteiger partial charge in [-0.2, -0.15) is 5.10 Å². The summed E-state index contributed by atoms with van der Waals surface area (Å²) in [6, 6.07) is 6.32. The van der Waals surface area contributed by atoms with Crippen molar-refractivity contribution in [3.8, 4) is 0 Å². The first-order valence-corrected chi connectivity index (χ1v) is 5.72. The van der Waals surface area contributed by atoms with Crippen LogP contribution in [0.1, 0.15) is 32.0 Å². The van der Waals surface area contributed by atoms with Gasteiger partial charge in [-0.3, -0.25) is 14.3 Å². The van der Waals surface area contributed by atoms with E-state index in [1.165, 1.54) is 18.3 Å². The van der Waals surface area contributed by atoms with Gasteiger partial charge in [-0.05, 0) is 19.1 Å². The van der Waals surface area contributed by atoms with E-state index in [2.05, 4.69) is 11.2 Å². The van der Waals surface area contributed by atoms with E-state index in [1.807, 2.05) is 6.07 Å². The fourth-order valence-corrected chi connectivity index (χ4v) is 2.23. The van der Waals surface area contributed by atoms with Gasteiger partial charge in [0.25, 0.3) is 5.91 Å². The highest BCUT2D eigenvalue weighted by Crippen LogP contribution is 2.17. The van der Waals surface area contributed by atoms with Crippen molar-refractivity contribution < 1.29 is 9.59 Å². The number of rotatable bonds is 4. The summed E-state index contributed by atoms with van der Waals surface area (Å²) in [5, 5.41) is 3.97.